The number of nitrogen functional groups attached to an aromatic ring is 1. The molecule has 0 atom stereocenters. The first-order chi connectivity index (χ1) is 15.7. The average molecular weight is 465 g/mol. The van der Waals surface area contributed by atoms with Gasteiger partial charge in [-0.25, -0.2) is 9.78 Å². The minimum atomic E-state index is -1.14. The molecular weight excluding hydrogens is 450 g/mol. The third-order valence-electron chi connectivity index (χ3n) is 4.51. The fourth-order valence-electron chi connectivity index (χ4n) is 2.93. The lowest BCUT2D eigenvalue weighted by Gasteiger charge is -2.12. The number of aryl methyl sites for hydroxylation is 2. The summed E-state index contributed by atoms with van der Waals surface area (Å²) >= 11 is 0.858. The fraction of sp³-hybridized carbons (Fsp3) is 0.150. The Bertz CT molecular complexity index is 1350. The van der Waals surface area contributed by atoms with E-state index in [0.717, 1.165) is 16.4 Å². The van der Waals surface area contributed by atoms with Gasteiger partial charge in [0.15, 0.2) is 13.0 Å². The van der Waals surface area contributed by atoms with Crippen LogP contribution in [0.4, 0.5) is 11.5 Å². The predicted octanol–water partition coefficient (Wildman–Crippen LogP) is 0.698. The van der Waals surface area contributed by atoms with Gasteiger partial charge < -0.3 is 25.8 Å². The zero-order valence-electron chi connectivity index (χ0n) is 17.2. The molecule has 0 aliphatic carbocycles. The Labute approximate surface area is 190 Å². The first kappa shape index (κ1) is 23.1. The lowest BCUT2D eigenvalue weighted by molar-refractivity contribution is -0.730. The van der Waals surface area contributed by atoms with Gasteiger partial charge in [-0.3, -0.25) is 4.79 Å². The Morgan fingerprint density at radius 2 is 2.03 bits per heavy atom. The molecule has 0 unspecified atom stereocenters. The summed E-state index contributed by atoms with van der Waals surface area (Å²) in [7, 11) is 1.40. The molecule has 0 spiro atoms. The van der Waals surface area contributed by atoms with Crippen molar-refractivity contribution in [3.05, 3.63) is 40.5 Å². The van der Waals surface area contributed by atoms with E-state index in [9.17, 15) is 25.2 Å². The zero-order valence-corrected chi connectivity index (χ0v) is 18.1. The summed E-state index contributed by atoms with van der Waals surface area (Å²) in [4.78, 5) is 27.7. The number of carboxylic acid groups (broad SMARTS) is 1. The van der Waals surface area contributed by atoms with Crippen molar-refractivity contribution in [3.8, 4) is 29.3 Å². The zero-order chi connectivity index (χ0) is 24.3. The average Bonchev–Trinajstić information content (AvgIpc) is 3.10. The summed E-state index contributed by atoms with van der Waals surface area (Å²) in [5.41, 5.74) is 6.28. The molecule has 0 saturated carbocycles. The summed E-state index contributed by atoms with van der Waals surface area (Å²) in [5, 5.41) is 46.6. The molecule has 4 N–H and O–H groups in total. The Balaban J connectivity index is 1.93. The van der Waals surface area contributed by atoms with Crippen LogP contribution in [0.2, 0.25) is 0 Å². The van der Waals surface area contributed by atoms with E-state index in [1.165, 1.54) is 19.2 Å². The third kappa shape index (κ3) is 4.53. The van der Waals surface area contributed by atoms with Gasteiger partial charge >= 0.3 is 5.97 Å². The fourth-order valence-corrected chi connectivity index (χ4v) is 3.72. The second-order valence-corrected chi connectivity index (χ2v) is 7.62. The Kier molecular flexibility index (Phi) is 6.46. The standard InChI is InChI=1S/C20H15N7O5S/c1-9-3-4-10(19(29)30)5-13(9)24-14(28)8-33-18-12(7-22)15(11(6-21)17(23)25-18)16-20(31)32-26-27(16)2/h3-5H,8H2,1-2H3,(H4-,23,24,25,26,28,29,30,31). The van der Waals surface area contributed by atoms with Gasteiger partial charge in [0, 0.05) is 5.69 Å². The monoisotopic (exact) mass is 465 g/mol. The molecule has 12 nitrogen and oxygen atoms in total. The number of hydrogen-bond donors (Lipinski definition) is 3. The molecule has 166 valence electrons. The molecule has 3 aromatic rings. The maximum Gasteiger partial charge on any atom is 0.335 e. The van der Waals surface area contributed by atoms with Crippen molar-refractivity contribution in [2.24, 2.45) is 7.05 Å². The van der Waals surface area contributed by atoms with E-state index >= 15 is 0 Å². The minimum absolute atomic E-state index is 0.0107. The van der Waals surface area contributed by atoms with Crippen LogP contribution < -0.4 is 20.8 Å². The van der Waals surface area contributed by atoms with Crippen molar-refractivity contribution in [3.63, 3.8) is 0 Å². The van der Waals surface area contributed by atoms with Gasteiger partial charge in [0.25, 0.3) is 5.69 Å². The number of aromatic carboxylic acids is 1. The maximum atomic E-state index is 12.5. The Morgan fingerprint density at radius 1 is 1.33 bits per heavy atom. The topological polar surface area (TPSA) is 206 Å². The number of nitriles is 2. The van der Waals surface area contributed by atoms with Crippen LogP contribution in [-0.4, -0.2) is 33.0 Å². The van der Waals surface area contributed by atoms with E-state index in [-0.39, 0.29) is 44.5 Å². The number of amides is 1. The molecular formula is C20H15N7O5S. The van der Waals surface area contributed by atoms with Crippen LogP contribution in [0.5, 0.6) is 5.95 Å². The number of carbonyl (C=O) groups is 2. The van der Waals surface area contributed by atoms with E-state index in [2.05, 4.69) is 20.1 Å². The van der Waals surface area contributed by atoms with Crippen molar-refractivity contribution in [1.82, 2.24) is 10.3 Å². The number of carboxylic acids is 1. The summed E-state index contributed by atoms with van der Waals surface area (Å²) in [6.07, 6.45) is 0. The Hall–Kier alpha value is -4.62. The SMILES string of the molecule is Cc1ccc(C(=O)O)cc1NC(=O)CSc1nc(N)c(C#N)c(-c2c([O-])on[n+]2C)c1C#N. The van der Waals surface area contributed by atoms with Gasteiger partial charge in [0.1, 0.15) is 28.5 Å². The number of nitrogens with zero attached hydrogens (tertiary/aromatic N) is 5. The molecule has 1 aromatic carbocycles. The molecule has 3 rings (SSSR count). The Morgan fingerprint density at radius 3 is 2.61 bits per heavy atom. The van der Waals surface area contributed by atoms with Gasteiger partial charge in [-0.15, -0.1) is 0 Å². The molecule has 0 bridgehead atoms. The van der Waals surface area contributed by atoms with Crippen LogP contribution >= 0.6 is 11.8 Å². The third-order valence-corrected chi connectivity index (χ3v) is 5.49. The normalized spacial score (nSPS) is 10.3. The number of carbonyl (C=O) groups excluding carboxylic acids is 1. The molecule has 0 fully saturated rings. The first-order valence-electron chi connectivity index (χ1n) is 9.11. The van der Waals surface area contributed by atoms with E-state index in [1.807, 2.05) is 12.1 Å². The van der Waals surface area contributed by atoms with Crippen LogP contribution in [-0.2, 0) is 11.8 Å². The summed E-state index contributed by atoms with van der Waals surface area (Å²) in [6, 6.07) is 8.05. The quantitative estimate of drug-likeness (QED) is 0.341. The van der Waals surface area contributed by atoms with Gasteiger partial charge in [0.05, 0.1) is 27.7 Å². The van der Waals surface area contributed by atoms with Crippen molar-refractivity contribution in [1.29, 1.82) is 10.5 Å². The smallest absolute Gasteiger partial charge is 0.335 e. The molecule has 1 amide bonds. The number of rotatable bonds is 6. The number of aromatic nitrogens is 3. The molecule has 13 heteroatoms. The second kappa shape index (κ2) is 9.25. The first-order valence-corrected chi connectivity index (χ1v) is 10.1. The molecule has 0 radical (unpaired) electrons. The van der Waals surface area contributed by atoms with Gasteiger partial charge in [0.2, 0.25) is 5.91 Å². The van der Waals surface area contributed by atoms with E-state index in [0.29, 0.717) is 11.3 Å². The van der Waals surface area contributed by atoms with Crippen LogP contribution in [0.1, 0.15) is 27.0 Å². The number of nitrogens with one attached hydrogen (secondary N) is 1. The molecule has 0 aliphatic heterocycles. The van der Waals surface area contributed by atoms with Crippen LogP contribution in [0.25, 0.3) is 11.3 Å². The highest BCUT2D eigenvalue weighted by atomic mass is 32.2. The number of thioether (sulfide) groups is 1. The highest BCUT2D eigenvalue weighted by molar-refractivity contribution is 8.00. The van der Waals surface area contributed by atoms with E-state index < -0.39 is 17.8 Å². The number of nitrogens with two attached hydrogens (primary N) is 1. The second-order valence-electron chi connectivity index (χ2n) is 6.66. The highest BCUT2D eigenvalue weighted by Crippen LogP contribution is 2.36. The predicted molar refractivity (Wildman–Crippen MR) is 112 cm³/mol. The lowest BCUT2D eigenvalue weighted by Crippen LogP contribution is -2.32. The van der Waals surface area contributed by atoms with Crippen molar-refractivity contribution < 1.29 is 29.0 Å². The molecule has 2 aromatic heterocycles. The van der Waals surface area contributed by atoms with Gasteiger partial charge in [-0.1, -0.05) is 22.5 Å². The largest absolute Gasteiger partial charge is 0.539 e. The van der Waals surface area contributed by atoms with E-state index in [4.69, 9.17) is 10.8 Å². The number of anilines is 2. The molecule has 33 heavy (non-hydrogen) atoms. The van der Waals surface area contributed by atoms with E-state index in [1.54, 1.807) is 13.0 Å². The van der Waals surface area contributed by atoms with Crippen LogP contribution in [0.3, 0.4) is 0 Å². The summed E-state index contributed by atoms with van der Waals surface area (Å²) < 4.78 is 5.66. The van der Waals surface area contributed by atoms with Crippen molar-refractivity contribution in [2.45, 2.75) is 11.9 Å². The van der Waals surface area contributed by atoms with Crippen LogP contribution in [0, 0.1) is 29.6 Å². The summed E-state index contributed by atoms with van der Waals surface area (Å²) in [5.74, 6) is -2.97. The summed E-state index contributed by atoms with van der Waals surface area (Å²) in [6.45, 7) is 1.71. The number of benzene rings is 1. The maximum absolute atomic E-state index is 12.5. The lowest BCUT2D eigenvalue weighted by atomic mass is 10.0. The molecule has 0 saturated heterocycles. The van der Waals surface area contributed by atoms with Crippen molar-refractivity contribution in [2.75, 3.05) is 16.8 Å². The van der Waals surface area contributed by atoms with Crippen molar-refractivity contribution >= 4 is 35.1 Å². The van der Waals surface area contributed by atoms with Gasteiger partial charge in [-0.05, 0) is 24.6 Å². The minimum Gasteiger partial charge on any atom is -0.539 e. The number of hydrogen-bond acceptors (Lipinski definition) is 10. The highest BCUT2D eigenvalue weighted by Gasteiger charge is 2.29. The molecule has 0 aliphatic rings. The number of pyridine rings is 1. The van der Waals surface area contributed by atoms with Gasteiger partial charge in [-0.2, -0.15) is 10.5 Å². The molecule has 2 heterocycles. The van der Waals surface area contributed by atoms with Crippen LogP contribution in [0.15, 0.2) is 27.7 Å².